The molecule has 2 N–H and O–H groups in total. The van der Waals surface area contributed by atoms with Crippen LogP contribution >= 0.6 is 11.6 Å². The van der Waals surface area contributed by atoms with Crippen molar-refractivity contribution >= 4 is 23.5 Å². The number of rotatable bonds is 3. The van der Waals surface area contributed by atoms with Gasteiger partial charge in [0.1, 0.15) is 5.70 Å². The molecule has 15 heavy (non-hydrogen) atoms. The van der Waals surface area contributed by atoms with Crippen molar-refractivity contribution in [2.75, 3.05) is 0 Å². The first-order chi connectivity index (χ1) is 7.15. The fourth-order valence-electron chi connectivity index (χ4n) is 0.911. The molecular formula is C10H8ClNO3. The smallest absolute Gasteiger partial charge is 0.353 e. The molecule has 0 saturated carbocycles. The van der Waals surface area contributed by atoms with E-state index in [0.29, 0.717) is 5.56 Å². The minimum atomic E-state index is -1.28. The highest BCUT2D eigenvalue weighted by Crippen LogP contribution is 2.00. The van der Waals surface area contributed by atoms with E-state index in [4.69, 9.17) is 16.7 Å². The van der Waals surface area contributed by atoms with Gasteiger partial charge >= 0.3 is 5.97 Å². The van der Waals surface area contributed by atoms with Gasteiger partial charge in [0.2, 0.25) is 0 Å². The molecule has 1 aromatic rings. The monoisotopic (exact) mass is 225 g/mol. The molecular weight excluding hydrogens is 218 g/mol. The fraction of sp³-hybridized carbons (Fsp3) is 0. The van der Waals surface area contributed by atoms with Gasteiger partial charge in [0.15, 0.2) is 0 Å². The normalized spacial score (nSPS) is 10.9. The van der Waals surface area contributed by atoms with Crippen molar-refractivity contribution < 1.29 is 14.7 Å². The van der Waals surface area contributed by atoms with Crippen LogP contribution < -0.4 is 5.32 Å². The van der Waals surface area contributed by atoms with Crippen LogP contribution in [0.2, 0.25) is 0 Å². The van der Waals surface area contributed by atoms with Gasteiger partial charge in [-0.2, -0.15) is 0 Å². The molecule has 0 aliphatic heterocycles. The number of carboxylic acid groups (broad SMARTS) is 1. The summed E-state index contributed by atoms with van der Waals surface area (Å²) in [6.45, 7) is 0. The molecule has 0 unspecified atom stereocenters. The largest absolute Gasteiger partial charge is 0.477 e. The van der Waals surface area contributed by atoms with Gasteiger partial charge in [-0.3, -0.25) is 4.79 Å². The van der Waals surface area contributed by atoms with Gasteiger partial charge in [-0.25, -0.2) is 4.79 Å². The summed E-state index contributed by atoms with van der Waals surface area (Å²) in [6, 6.07) is 8.26. The van der Waals surface area contributed by atoms with E-state index >= 15 is 0 Å². The summed E-state index contributed by atoms with van der Waals surface area (Å²) in [5.74, 6) is -1.79. The first-order valence-electron chi connectivity index (χ1n) is 4.05. The predicted octanol–water partition coefficient (Wildman–Crippen LogP) is 1.58. The molecule has 0 heterocycles. The van der Waals surface area contributed by atoms with Crippen LogP contribution in [0.4, 0.5) is 0 Å². The second kappa shape index (κ2) is 5.17. The minimum Gasteiger partial charge on any atom is -0.477 e. The summed E-state index contributed by atoms with van der Waals surface area (Å²) in [5.41, 5.74) is 0.823. The standard InChI is InChI=1S/C10H8ClNO3/c11-6-8(10(14)15)12-9(13)7-4-2-1-3-5-7/h1-6H,(H,12,13)(H,14,15)/b8-6-. The maximum absolute atomic E-state index is 11.4. The summed E-state index contributed by atoms with van der Waals surface area (Å²) < 4.78 is 0. The molecule has 78 valence electrons. The number of hydrogen-bond donors (Lipinski definition) is 2. The molecule has 4 nitrogen and oxygen atoms in total. The van der Waals surface area contributed by atoms with E-state index in [1.807, 2.05) is 0 Å². The van der Waals surface area contributed by atoms with Crippen molar-refractivity contribution in [3.05, 3.63) is 47.1 Å². The van der Waals surface area contributed by atoms with Gasteiger partial charge in [-0.05, 0) is 12.1 Å². The summed E-state index contributed by atoms with van der Waals surface area (Å²) in [7, 11) is 0. The lowest BCUT2D eigenvalue weighted by molar-refractivity contribution is -0.133. The Balaban J connectivity index is 2.77. The molecule has 0 saturated heterocycles. The van der Waals surface area contributed by atoms with E-state index in [-0.39, 0.29) is 5.70 Å². The number of carboxylic acids is 1. The highest BCUT2D eigenvalue weighted by Gasteiger charge is 2.11. The van der Waals surface area contributed by atoms with Crippen LogP contribution in [0.5, 0.6) is 0 Å². The molecule has 1 rings (SSSR count). The van der Waals surface area contributed by atoms with E-state index in [1.54, 1.807) is 30.3 Å². The highest BCUT2D eigenvalue weighted by atomic mass is 35.5. The molecule has 1 amide bonds. The van der Waals surface area contributed by atoms with Crippen molar-refractivity contribution in [2.45, 2.75) is 0 Å². The Morgan fingerprint density at radius 3 is 2.33 bits per heavy atom. The third-order valence-corrected chi connectivity index (χ3v) is 1.84. The number of carbonyl (C=O) groups excluding carboxylic acids is 1. The Morgan fingerprint density at radius 1 is 1.27 bits per heavy atom. The lowest BCUT2D eigenvalue weighted by Gasteiger charge is -2.03. The van der Waals surface area contributed by atoms with Crippen molar-refractivity contribution in [1.29, 1.82) is 0 Å². The zero-order chi connectivity index (χ0) is 11.3. The molecule has 5 heteroatoms. The van der Waals surface area contributed by atoms with Gasteiger partial charge in [-0.15, -0.1) is 0 Å². The summed E-state index contributed by atoms with van der Waals surface area (Å²) in [5, 5.41) is 10.8. The lowest BCUT2D eigenvalue weighted by atomic mass is 10.2. The minimum absolute atomic E-state index is 0.356. The molecule has 0 fully saturated rings. The van der Waals surface area contributed by atoms with E-state index < -0.39 is 11.9 Å². The molecule has 0 spiro atoms. The first-order valence-corrected chi connectivity index (χ1v) is 4.49. The Labute approximate surface area is 91.2 Å². The predicted molar refractivity (Wildman–Crippen MR) is 55.5 cm³/mol. The number of nitrogens with one attached hydrogen (secondary N) is 1. The highest BCUT2D eigenvalue weighted by molar-refractivity contribution is 6.27. The average Bonchev–Trinajstić information content (AvgIpc) is 2.26. The van der Waals surface area contributed by atoms with Gasteiger partial charge in [0.05, 0.1) is 0 Å². The summed E-state index contributed by atoms with van der Waals surface area (Å²) in [6.07, 6.45) is 0. The molecule has 0 radical (unpaired) electrons. The van der Waals surface area contributed by atoms with Gasteiger partial charge in [0, 0.05) is 11.1 Å². The van der Waals surface area contributed by atoms with Crippen molar-refractivity contribution in [2.24, 2.45) is 0 Å². The third kappa shape index (κ3) is 3.11. The van der Waals surface area contributed by atoms with Crippen LogP contribution in [0.15, 0.2) is 41.6 Å². The molecule has 1 aromatic carbocycles. The Morgan fingerprint density at radius 2 is 1.87 bits per heavy atom. The number of halogens is 1. The van der Waals surface area contributed by atoms with Crippen molar-refractivity contribution in [1.82, 2.24) is 5.32 Å². The fourth-order valence-corrected chi connectivity index (χ4v) is 1.06. The summed E-state index contributed by atoms with van der Waals surface area (Å²) in [4.78, 5) is 22.0. The van der Waals surface area contributed by atoms with E-state index in [9.17, 15) is 9.59 Å². The lowest BCUT2D eigenvalue weighted by Crippen LogP contribution is -2.26. The topological polar surface area (TPSA) is 66.4 Å². The zero-order valence-corrected chi connectivity index (χ0v) is 8.36. The Bertz CT molecular complexity index is 400. The number of benzene rings is 1. The van der Waals surface area contributed by atoms with Crippen LogP contribution in [0.25, 0.3) is 0 Å². The molecule has 0 aliphatic carbocycles. The van der Waals surface area contributed by atoms with Crippen LogP contribution in [0.3, 0.4) is 0 Å². The SMILES string of the molecule is O=C(O)/C(=C/Cl)NC(=O)c1ccccc1. The Kier molecular flexibility index (Phi) is 3.88. The Hall–Kier alpha value is -1.81. The maximum Gasteiger partial charge on any atom is 0.353 e. The zero-order valence-electron chi connectivity index (χ0n) is 7.61. The van der Waals surface area contributed by atoms with Gasteiger partial charge in [0.25, 0.3) is 5.91 Å². The molecule has 0 bridgehead atoms. The van der Waals surface area contributed by atoms with E-state index in [2.05, 4.69) is 5.32 Å². The van der Waals surface area contributed by atoms with Crippen LogP contribution in [-0.2, 0) is 4.79 Å². The number of hydrogen-bond acceptors (Lipinski definition) is 2. The van der Waals surface area contributed by atoms with E-state index in [0.717, 1.165) is 5.54 Å². The molecule has 0 aromatic heterocycles. The maximum atomic E-state index is 11.4. The second-order valence-corrected chi connectivity index (χ2v) is 2.87. The van der Waals surface area contributed by atoms with Crippen LogP contribution in [-0.4, -0.2) is 17.0 Å². The average molecular weight is 226 g/mol. The number of amides is 1. The second-order valence-electron chi connectivity index (χ2n) is 2.65. The summed E-state index contributed by atoms with van der Waals surface area (Å²) >= 11 is 5.24. The van der Waals surface area contributed by atoms with Gasteiger partial charge in [-0.1, -0.05) is 29.8 Å². The van der Waals surface area contributed by atoms with Crippen molar-refractivity contribution in [3.63, 3.8) is 0 Å². The van der Waals surface area contributed by atoms with Crippen molar-refractivity contribution in [3.8, 4) is 0 Å². The first kappa shape index (κ1) is 11.3. The van der Waals surface area contributed by atoms with Crippen LogP contribution in [0.1, 0.15) is 10.4 Å². The molecule has 0 aliphatic rings. The van der Waals surface area contributed by atoms with E-state index in [1.165, 1.54) is 0 Å². The quantitative estimate of drug-likeness (QED) is 0.768. The number of carbonyl (C=O) groups is 2. The molecule has 0 atom stereocenters. The van der Waals surface area contributed by atoms with Gasteiger partial charge < -0.3 is 10.4 Å². The number of aliphatic carboxylic acids is 1. The third-order valence-electron chi connectivity index (χ3n) is 1.62. The van der Waals surface area contributed by atoms with Crippen LogP contribution in [0, 0.1) is 0 Å².